The molecule has 0 aromatic heterocycles. The van der Waals surface area contributed by atoms with Crippen molar-refractivity contribution in [3.8, 4) is 5.75 Å². The Hall–Kier alpha value is -2.33. The van der Waals surface area contributed by atoms with E-state index in [4.69, 9.17) is 16.3 Å². The van der Waals surface area contributed by atoms with Crippen molar-refractivity contribution in [2.24, 2.45) is 5.10 Å². The first-order valence-electron chi connectivity index (χ1n) is 5.92. The summed E-state index contributed by atoms with van der Waals surface area (Å²) < 4.78 is 5.06. The molecule has 0 atom stereocenters. The molecule has 20 heavy (non-hydrogen) atoms. The molecule has 2 aromatic rings. The standard InChI is InChI=1S/C15H13ClN2O2/c1-20-14-7-3-5-12(9-14)15(19)18-17-10-11-4-2-6-13(16)8-11/h2-10H,1H3,(H,18,19)/b17-10-. The second-order valence-corrected chi connectivity index (χ2v) is 4.42. The van der Waals surface area contributed by atoms with Gasteiger partial charge in [-0.2, -0.15) is 5.10 Å². The van der Waals surface area contributed by atoms with Crippen LogP contribution in [0, 0.1) is 0 Å². The van der Waals surface area contributed by atoms with E-state index < -0.39 is 0 Å². The Morgan fingerprint density at radius 3 is 2.80 bits per heavy atom. The van der Waals surface area contributed by atoms with Crippen LogP contribution in [0.15, 0.2) is 53.6 Å². The molecule has 0 aliphatic heterocycles. The van der Waals surface area contributed by atoms with E-state index in [1.165, 1.54) is 6.21 Å². The number of hydrazone groups is 1. The van der Waals surface area contributed by atoms with Crippen LogP contribution < -0.4 is 10.2 Å². The van der Waals surface area contributed by atoms with Gasteiger partial charge >= 0.3 is 0 Å². The van der Waals surface area contributed by atoms with Crippen LogP contribution in [0.5, 0.6) is 5.75 Å². The van der Waals surface area contributed by atoms with Gasteiger partial charge < -0.3 is 4.74 Å². The van der Waals surface area contributed by atoms with Crippen LogP contribution in [0.25, 0.3) is 0 Å². The number of carbonyl (C=O) groups is 1. The van der Waals surface area contributed by atoms with Gasteiger partial charge in [0, 0.05) is 10.6 Å². The topological polar surface area (TPSA) is 50.7 Å². The third-order valence-electron chi connectivity index (χ3n) is 2.56. The van der Waals surface area contributed by atoms with E-state index in [-0.39, 0.29) is 5.91 Å². The van der Waals surface area contributed by atoms with Crippen molar-refractivity contribution in [2.75, 3.05) is 7.11 Å². The van der Waals surface area contributed by atoms with Gasteiger partial charge in [-0.05, 0) is 35.9 Å². The maximum absolute atomic E-state index is 11.9. The third-order valence-corrected chi connectivity index (χ3v) is 2.80. The smallest absolute Gasteiger partial charge is 0.271 e. The minimum absolute atomic E-state index is 0.304. The van der Waals surface area contributed by atoms with Gasteiger partial charge in [0.15, 0.2) is 0 Å². The second kappa shape index (κ2) is 6.73. The Bertz CT molecular complexity index is 641. The summed E-state index contributed by atoms with van der Waals surface area (Å²) >= 11 is 5.85. The van der Waals surface area contributed by atoms with E-state index >= 15 is 0 Å². The number of carbonyl (C=O) groups excluding carboxylic acids is 1. The number of nitrogens with zero attached hydrogens (tertiary/aromatic N) is 1. The molecule has 4 nitrogen and oxygen atoms in total. The fourth-order valence-corrected chi connectivity index (χ4v) is 1.78. The van der Waals surface area contributed by atoms with Crippen LogP contribution in [-0.4, -0.2) is 19.2 Å². The fourth-order valence-electron chi connectivity index (χ4n) is 1.58. The van der Waals surface area contributed by atoms with Gasteiger partial charge in [-0.25, -0.2) is 5.43 Å². The maximum Gasteiger partial charge on any atom is 0.271 e. The van der Waals surface area contributed by atoms with Crippen molar-refractivity contribution in [1.29, 1.82) is 0 Å². The molecule has 0 spiro atoms. The van der Waals surface area contributed by atoms with Crippen LogP contribution in [0.4, 0.5) is 0 Å². The van der Waals surface area contributed by atoms with E-state index in [2.05, 4.69) is 10.5 Å². The summed E-state index contributed by atoms with van der Waals surface area (Å²) in [4.78, 5) is 11.9. The van der Waals surface area contributed by atoms with Crippen LogP contribution in [0.3, 0.4) is 0 Å². The summed E-state index contributed by atoms with van der Waals surface area (Å²) in [6, 6.07) is 14.0. The van der Waals surface area contributed by atoms with Crippen molar-refractivity contribution >= 4 is 23.7 Å². The predicted octanol–water partition coefficient (Wildman–Crippen LogP) is 3.11. The normalized spacial score (nSPS) is 10.5. The number of nitrogens with one attached hydrogen (secondary N) is 1. The monoisotopic (exact) mass is 288 g/mol. The molecule has 0 fully saturated rings. The molecule has 0 aliphatic carbocycles. The van der Waals surface area contributed by atoms with Crippen LogP contribution in [0.2, 0.25) is 5.02 Å². The van der Waals surface area contributed by atoms with E-state index in [0.29, 0.717) is 16.3 Å². The number of amides is 1. The summed E-state index contributed by atoms with van der Waals surface area (Å²) in [6.07, 6.45) is 1.53. The molecular weight excluding hydrogens is 276 g/mol. The van der Waals surface area contributed by atoms with Crippen LogP contribution >= 0.6 is 11.6 Å². The first-order valence-corrected chi connectivity index (χ1v) is 6.30. The molecule has 0 saturated heterocycles. The molecule has 2 rings (SSSR count). The molecule has 5 heteroatoms. The minimum Gasteiger partial charge on any atom is -0.497 e. The average molecular weight is 289 g/mol. The first kappa shape index (κ1) is 14.1. The Balaban J connectivity index is 2.01. The lowest BCUT2D eigenvalue weighted by atomic mass is 10.2. The zero-order valence-electron chi connectivity index (χ0n) is 10.8. The Kier molecular flexibility index (Phi) is 4.74. The van der Waals surface area contributed by atoms with Gasteiger partial charge in [-0.1, -0.05) is 29.8 Å². The maximum atomic E-state index is 11.9. The summed E-state index contributed by atoms with van der Waals surface area (Å²) in [5, 5.41) is 4.51. The summed E-state index contributed by atoms with van der Waals surface area (Å²) in [6.45, 7) is 0. The molecule has 0 unspecified atom stereocenters. The molecule has 0 saturated carbocycles. The van der Waals surface area contributed by atoms with Gasteiger partial charge in [0.25, 0.3) is 5.91 Å². The van der Waals surface area contributed by atoms with E-state index in [0.717, 1.165) is 5.56 Å². The number of halogens is 1. The lowest BCUT2D eigenvalue weighted by Gasteiger charge is -2.02. The highest BCUT2D eigenvalue weighted by Gasteiger charge is 2.04. The van der Waals surface area contributed by atoms with Gasteiger partial charge in [0.05, 0.1) is 13.3 Å². The predicted molar refractivity (Wildman–Crippen MR) is 79.5 cm³/mol. The molecule has 1 amide bonds. The van der Waals surface area contributed by atoms with E-state index in [1.54, 1.807) is 43.5 Å². The van der Waals surface area contributed by atoms with Gasteiger partial charge in [-0.15, -0.1) is 0 Å². The van der Waals surface area contributed by atoms with Gasteiger partial charge in [-0.3, -0.25) is 4.79 Å². The minimum atomic E-state index is -0.304. The quantitative estimate of drug-likeness (QED) is 0.694. The first-order chi connectivity index (χ1) is 9.69. The van der Waals surface area contributed by atoms with Gasteiger partial charge in [0.1, 0.15) is 5.75 Å². The number of ether oxygens (including phenoxy) is 1. The lowest BCUT2D eigenvalue weighted by molar-refractivity contribution is 0.0955. The Morgan fingerprint density at radius 2 is 2.05 bits per heavy atom. The molecule has 0 bridgehead atoms. The van der Waals surface area contributed by atoms with Crippen molar-refractivity contribution in [3.05, 3.63) is 64.7 Å². The Morgan fingerprint density at radius 1 is 1.25 bits per heavy atom. The number of benzene rings is 2. The van der Waals surface area contributed by atoms with E-state index in [9.17, 15) is 4.79 Å². The molecule has 0 aliphatic rings. The number of methoxy groups -OCH3 is 1. The van der Waals surface area contributed by atoms with Crippen molar-refractivity contribution in [2.45, 2.75) is 0 Å². The van der Waals surface area contributed by atoms with Crippen molar-refractivity contribution in [3.63, 3.8) is 0 Å². The van der Waals surface area contributed by atoms with Gasteiger partial charge in [0.2, 0.25) is 0 Å². The number of hydrogen-bond acceptors (Lipinski definition) is 3. The van der Waals surface area contributed by atoms with Crippen LogP contribution in [0.1, 0.15) is 15.9 Å². The average Bonchev–Trinajstić information content (AvgIpc) is 2.47. The summed E-state index contributed by atoms with van der Waals surface area (Å²) in [5.41, 5.74) is 3.74. The number of hydrogen-bond donors (Lipinski definition) is 1. The van der Waals surface area contributed by atoms with E-state index in [1.807, 2.05) is 12.1 Å². The zero-order chi connectivity index (χ0) is 14.4. The number of rotatable bonds is 4. The largest absolute Gasteiger partial charge is 0.497 e. The molecule has 0 radical (unpaired) electrons. The molecule has 0 heterocycles. The Labute approximate surface area is 122 Å². The fraction of sp³-hybridized carbons (Fsp3) is 0.0667. The second-order valence-electron chi connectivity index (χ2n) is 3.99. The molecule has 102 valence electrons. The third kappa shape index (κ3) is 3.83. The lowest BCUT2D eigenvalue weighted by Crippen LogP contribution is -2.17. The highest BCUT2D eigenvalue weighted by atomic mass is 35.5. The highest BCUT2D eigenvalue weighted by molar-refractivity contribution is 6.30. The SMILES string of the molecule is COc1cccc(C(=O)N/N=C\c2cccc(Cl)c2)c1. The van der Waals surface area contributed by atoms with Crippen molar-refractivity contribution < 1.29 is 9.53 Å². The van der Waals surface area contributed by atoms with Crippen molar-refractivity contribution in [1.82, 2.24) is 5.43 Å². The summed E-state index contributed by atoms with van der Waals surface area (Å²) in [5.74, 6) is 0.318. The zero-order valence-corrected chi connectivity index (χ0v) is 11.6. The summed E-state index contributed by atoms with van der Waals surface area (Å²) in [7, 11) is 1.55. The highest BCUT2D eigenvalue weighted by Crippen LogP contribution is 2.12. The molecular formula is C15H13ClN2O2. The molecule has 2 aromatic carbocycles. The molecule has 1 N–H and O–H groups in total. The van der Waals surface area contributed by atoms with Crippen LogP contribution in [-0.2, 0) is 0 Å².